The quantitative estimate of drug-likeness (QED) is 0.360. The molecule has 74 valence electrons. The molecule has 0 fully saturated rings. The molecule has 5 heteroatoms. The summed E-state index contributed by atoms with van der Waals surface area (Å²) < 4.78 is 4.72. The number of hydrogen-bond donors (Lipinski definition) is 1. The third-order valence-corrected chi connectivity index (χ3v) is 1.70. The fraction of sp³-hybridized carbons (Fsp3) is 0.111. The van der Waals surface area contributed by atoms with Crippen molar-refractivity contribution < 1.29 is 14.7 Å². The average molecular weight is 214 g/mol. The first-order valence-electron chi connectivity index (χ1n) is 3.82. The van der Waals surface area contributed by atoms with Crippen LogP contribution in [-0.2, 0) is 16.1 Å². The number of carbonyl (C=O) groups excluding carboxylic acids is 1. The van der Waals surface area contributed by atoms with Crippen molar-refractivity contribution in [2.75, 3.05) is 0 Å². The number of nitrogens with zero attached hydrogens (tertiary/aromatic N) is 1. The van der Waals surface area contributed by atoms with Gasteiger partial charge in [0.25, 0.3) is 5.17 Å². The van der Waals surface area contributed by atoms with Crippen LogP contribution >= 0.6 is 11.6 Å². The Hall–Kier alpha value is -1.55. The second-order valence-corrected chi connectivity index (χ2v) is 2.81. The molecule has 0 aliphatic carbocycles. The summed E-state index contributed by atoms with van der Waals surface area (Å²) in [5.41, 5.74) is 0.836. The Morgan fingerprint density at radius 1 is 1.43 bits per heavy atom. The Morgan fingerprint density at radius 2 is 2.07 bits per heavy atom. The highest BCUT2D eigenvalue weighted by molar-refractivity contribution is 6.81. The third-order valence-electron chi connectivity index (χ3n) is 1.47. The Labute approximate surface area is 85.7 Å². The summed E-state index contributed by atoms with van der Waals surface area (Å²) in [6.07, 6.45) is 0. The molecule has 0 atom stereocenters. The first-order valence-corrected chi connectivity index (χ1v) is 4.20. The first-order chi connectivity index (χ1) is 6.74. The van der Waals surface area contributed by atoms with Crippen LogP contribution in [0, 0.1) is 0 Å². The highest BCUT2D eigenvalue weighted by Crippen LogP contribution is 2.01. The van der Waals surface area contributed by atoms with E-state index in [-0.39, 0.29) is 6.61 Å². The molecule has 0 unspecified atom stereocenters. The van der Waals surface area contributed by atoms with Gasteiger partial charge in [0, 0.05) is 0 Å². The van der Waals surface area contributed by atoms with Gasteiger partial charge in [0.2, 0.25) is 0 Å². The summed E-state index contributed by atoms with van der Waals surface area (Å²) in [6, 6.07) is 9.11. The first kappa shape index (κ1) is 10.5. The van der Waals surface area contributed by atoms with Gasteiger partial charge in [-0.2, -0.15) is 0 Å². The number of halogens is 1. The van der Waals surface area contributed by atoms with Crippen molar-refractivity contribution in [1.29, 1.82) is 0 Å². The number of ether oxygens (including phenoxy) is 1. The third kappa shape index (κ3) is 3.06. The van der Waals surface area contributed by atoms with Crippen LogP contribution < -0.4 is 0 Å². The number of benzene rings is 1. The normalized spacial score (nSPS) is 11.1. The molecule has 1 aromatic rings. The van der Waals surface area contributed by atoms with Crippen LogP contribution in [-0.4, -0.2) is 16.3 Å². The van der Waals surface area contributed by atoms with Crippen molar-refractivity contribution in [2.45, 2.75) is 6.61 Å². The number of oxime groups is 1. The minimum Gasteiger partial charge on any atom is -0.455 e. The molecule has 0 heterocycles. The van der Waals surface area contributed by atoms with E-state index in [2.05, 4.69) is 5.16 Å². The zero-order valence-corrected chi connectivity index (χ0v) is 7.94. The lowest BCUT2D eigenvalue weighted by atomic mass is 10.2. The Morgan fingerprint density at radius 3 is 2.64 bits per heavy atom. The Kier molecular flexibility index (Phi) is 3.94. The van der Waals surface area contributed by atoms with E-state index in [9.17, 15) is 4.79 Å². The zero-order valence-electron chi connectivity index (χ0n) is 7.18. The number of hydrogen-bond acceptors (Lipinski definition) is 4. The second-order valence-electron chi connectivity index (χ2n) is 2.45. The van der Waals surface area contributed by atoms with Crippen LogP contribution in [0.1, 0.15) is 5.56 Å². The van der Waals surface area contributed by atoms with E-state index in [1.165, 1.54) is 0 Å². The Balaban J connectivity index is 2.46. The smallest absolute Gasteiger partial charge is 0.372 e. The van der Waals surface area contributed by atoms with Crippen molar-refractivity contribution in [3.8, 4) is 0 Å². The molecule has 0 spiro atoms. The van der Waals surface area contributed by atoms with Gasteiger partial charge in [0.15, 0.2) is 0 Å². The van der Waals surface area contributed by atoms with Gasteiger partial charge < -0.3 is 9.94 Å². The molecule has 1 N–H and O–H groups in total. The van der Waals surface area contributed by atoms with E-state index in [0.717, 1.165) is 5.56 Å². The van der Waals surface area contributed by atoms with Gasteiger partial charge in [-0.15, -0.1) is 0 Å². The molecule has 0 bridgehead atoms. The summed E-state index contributed by atoms with van der Waals surface area (Å²) >= 11 is 5.21. The van der Waals surface area contributed by atoms with Gasteiger partial charge in [-0.1, -0.05) is 47.1 Å². The summed E-state index contributed by atoms with van der Waals surface area (Å²) in [6.45, 7) is 0.103. The van der Waals surface area contributed by atoms with Gasteiger partial charge in [0.05, 0.1) is 0 Å². The topological polar surface area (TPSA) is 58.9 Å². The molecule has 4 nitrogen and oxygen atoms in total. The van der Waals surface area contributed by atoms with Crippen LogP contribution in [0.4, 0.5) is 0 Å². The predicted molar refractivity (Wildman–Crippen MR) is 51.3 cm³/mol. The van der Waals surface area contributed by atoms with Gasteiger partial charge >= 0.3 is 5.97 Å². The van der Waals surface area contributed by atoms with E-state index in [4.69, 9.17) is 21.5 Å². The van der Waals surface area contributed by atoms with Crippen molar-refractivity contribution in [3.63, 3.8) is 0 Å². The van der Waals surface area contributed by atoms with Crippen molar-refractivity contribution in [3.05, 3.63) is 35.9 Å². The lowest BCUT2D eigenvalue weighted by Gasteiger charge is -2.01. The van der Waals surface area contributed by atoms with Gasteiger partial charge in [-0.3, -0.25) is 0 Å². The van der Waals surface area contributed by atoms with E-state index in [0.29, 0.717) is 0 Å². The molecule has 0 aliphatic rings. The van der Waals surface area contributed by atoms with Crippen LogP contribution in [0.2, 0.25) is 0 Å². The summed E-state index contributed by atoms with van der Waals surface area (Å²) in [7, 11) is 0. The molecule has 0 aromatic heterocycles. The number of carbonyl (C=O) groups is 1. The van der Waals surface area contributed by atoms with Gasteiger partial charge in [-0.25, -0.2) is 4.79 Å². The summed E-state index contributed by atoms with van der Waals surface area (Å²) in [4.78, 5) is 10.9. The van der Waals surface area contributed by atoms with Crippen LogP contribution in [0.25, 0.3) is 0 Å². The molecule has 0 radical (unpaired) electrons. The highest BCUT2D eigenvalue weighted by atomic mass is 35.5. The fourth-order valence-corrected chi connectivity index (χ4v) is 0.878. The number of esters is 1. The predicted octanol–water partition coefficient (Wildman–Crippen LogP) is 1.76. The molecule has 0 aliphatic heterocycles. The average Bonchev–Trinajstić information content (AvgIpc) is 2.26. The van der Waals surface area contributed by atoms with E-state index < -0.39 is 11.1 Å². The van der Waals surface area contributed by atoms with E-state index >= 15 is 0 Å². The van der Waals surface area contributed by atoms with Gasteiger partial charge in [-0.05, 0) is 5.56 Å². The summed E-state index contributed by atoms with van der Waals surface area (Å²) in [5, 5.41) is 10.1. The second kappa shape index (κ2) is 5.24. The van der Waals surface area contributed by atoms with Gasteiger partial charge in [0.1, 0.15) is 6.61 Å². The van der Waals surface area contributed by atoms with Crippen molar-refractivity contribution in [2.24, 2.45) is 5.16 Å². The summed E-state index contributed by atoms with van der Waals surface area (Å²) in [5.74, 6) is -0.849. The molecule has 1 aromatic carbocycles. The van der Waals surface area contributed by atoms with E-state index in [1.807, 2.05) is 18.2 Å². The largest absolute Gasteiger partial charge is 0.455 e. The Bertz CT molecular complexity index is 337. The lowest BCUT2D eigenvalue weighted by molar-refractivity contribution is -0.136. The molecule has 1 rings (SSSR count). The SMILES string of the molecule is O=C(OCc1ccccc1)/C(Cl)=N/O. The zero-order chi connectivity index (χ0) is 10.4. The monoisotopic (exact) mass is 213 g/mol. The number of rotatable bonds is 3. The standard InChI is InChI=1S/C9H8ClNO3/c10-8(11-13)9(12)14-6-7-4-2-1-3-5-7/h1-5,13H,6H2/b11-8-. The fourth-order valence-electron chi connectivity index (χ4n) is 0.823. The highest BCUT2D eigenvalue weighted by Gasteiger charge is 2.10. The molecular weight excluding hydrogens is 206 g/mol. The minimum atomic E-state index is -0.849. The molecule has 14 heavy (non-hydrogen) atoms. The maximum atomic E-state index is 10.9. The van der Waals surface area contributed by atoms with Crippen molar-refractivity contribution in [1.82, 2.24) is 0 Å². The minimum absolute atomic E-state index is 0.103. The molecule has 0 saturated heterocycles. The van der Waals surface area contributed by atoms with Crippen LogP contribution in [0.15, 0.2) is 35.5 Å². The van der Waals surface area contributed by atoms with Crippen molar-refractivity contribution >= 4 is 22.7 Å². The van der Waals surface area contributed by atoms with Crippen LogP contribution in [0.3, 0.4) is 0 Å². The lowest BCUT2D eigenvalue weighted by Crippen LogP contribution is -2.11. The molecule has 0 saturated carbocycles. The maximum absolute atomic E-state index is 10.9. The van der Waals surface area contributed by atoms with Crippen LogP contribution in [0.5, 0.6) is 0 Å². The molecular formula is C9H8ClNO3. The molecule has 0 amide bonds. The maximum Gasteiger partial charge on any atom is 0.372 e. The van der Waals surface area contributed by atoms with E-state index in [1.54, 1.807) is 12.1 Å².